The van der Waals surface area contributed by atoms with Crippen LogP contribution in [-0.2, 0) is 33.4 Å². The van der Waals surface area contributed by atoms with Gasteiger partial charge < -0.3 is 5.32 Å². The first-order valence-electron chi connectivity index (χ1n) is 11.1. The van der Waals surface area contributed by atoms with Crippen molar-refractivity contribution in [3.8, 4) is 0 Å². The minimum atomic E-state index is -3.57. The zero-order chi connectivity index (χ0) is 22.9. The van der Waals surface area contributed by atoms with Gasteiger partial charge >= 0.3 is 0 Å². The molecule has 2 aromatic carbocycles. The van der Waals surface area contributed by atoms with Crippen molar-refractivity contribution < 1.29 is 13.2 Å². The van der Waals surface area contributed by atoms with Gasteiger partial charge in [0.05, 0.1) is 27.8 Å². The number of carbonyl (C=O) groups excluding carboxylic acids is 1. The van der Waals surface area contributed by atoms with Crippen LogP contribution in [0.5, 0.6) is 0 Å². The minimum absolute atomic E-state index is 0.0903. The number of sulfonamides is 1. The third kappa shape index (κ3) is 5.30. The Balaban J connectivity index is 1.39. The Kier molecular flexibility index (Phi) is 7.15. The van der Waals surface area contributed by atoms with Crippen LogP contribution in [0.25, 0.3) is 0 Å². The fraction of sp³-hybridized carbons (Fsp3) is 0.458. The van der Waals surface area contributed by atoms with Crippen molar-refractivity contribution in [2.45, 2.75) is 50.8 Å². The van der Waals surface area contributed by atoms with E-state index in [1.807, 2.05) is 6.92 Å². The van der Waals surface area contributed by atoms with Crippen molar-refractivity contribution in [2.75, 3.05) is 13.1 Å². The molecule has 1 fully saturated rings. The lowest BCUT2D eigenvalue weighted by molar-refractivity contribution is -0.126. The Bertz CT molecular complexity index is 1120. The van der Waals surface area contributed by atoms with Crippen molar-refractivity contribution in [2.24, 2.45) is 5.92 Å². The van der Waals surface area contributed by atoms with Gasteiger partial charge in [-0.05, 0) is 73.4 Å². The lowest BCUT2D eigenvalue weighted by atomic mass is 9.97. The number of rotatable bonds is 6. The molecule has 0 saturated carbocycles. The topological polar surface area (TPSA) is 66.5 Å². The second kappa shape index (κ2) is 9.72. The van der Waals surface area contributed by atoms with E-state index in [9.17, 15) is 13.2 Å². The third-order valence-corrected chi connectivity index (χ3v) is 9.02. The summed E-state index contributed by atoms with van der Waals surface area (Å²) in [6.07, 6.45) is 4.75. The first-order chi connectivity index (χ1) is 15.2. The van der Waals surface area contributed by atoms with E-state index >= 15 is 0 Å². The number of halogens is 2. The van der Waals surface area contributed by atoms with Crippen molar-refractivity contribution in [1.29, 1.82) is 0 Å². The summed E-state index contributed by atoms with van der Waals surface area (Å²) in [7, 11) is -3.57. The van der Waals surface area contributed by atoms with E-state index < -0.39 is 10.0 Å². The molecule has 5 nitrogen and oxygen atoms in total. The van der Waals surface area contributed by atoms with Gasteiger partial charge in [-0.25, -0.2) is 12.7 Å². The number of hydrogen-bond acceptors (Lipinski definition) is 3. The SMILES string of the molecule is C[C@@H](NC(=O)[C@@H]1CCCN(S(=O)(=O)Cc2ccc(Cl)c(Cl)c2)C1)c1ccc2c(c1)CCC2. The zero-order valence-electron chi connectivity index (χ0n) is 18.1. The molecule has 0 unspecified atom stereocenters. The molecule has 1 N–H and O–H groups in total. The summed E-state index contributed by atoms with van der Waals surface area (Å²) in [4.78, 5) is 13.0. The molecule has 1 heterocycles. The Morgan fingerprint density at radius 3 is 2.66 bits per heavy atom. The van der Waals surface area contributed by atoms with Gasteiger partial charge in [-0.1, -0.05) is 47.5 Å². The van der Waals surface area contributed by atoms with E-state index in [1.54, 1.807) is 18.2 Å². The van der Waals surface area contributed by atoms with E-state index in [1.165, 1.54) is 21.9 Å². The van der Waals surface area contributed by atoms with Crippen LogP contribution in [0.15, 0.2) is 36.4 Å². The molecule has 0 bridgehead atoms. The fourth-order valence-corrected chi connectivity index (χ4v) is 6.53. The maximum Gasteiger partial charge on any atom is 0.224 e. The molecule has 0 spiro atoms. The zero-order valence-corrected chi connectivity index (χ0v) is 20.4. The minimum Gasteiger partial charge on any atom is -0.349 e. The first kappa shape index (κ1) is 23.6. The summed E-state index contributed by atoms with van der Waals surface area (Å²) in [5.41, 5.74) is 4.46. The van der Waals surface area contributed by atoms with Crippen LogP contribution < -0.4 is 5.32 Å². The number of piperidine rings is 1. The molecule has 1 aliphatic heterocycles. The molecule has 0 radical (unpaired) electrons. The van der Waals surface area contributed by atoms with Crippen LogP contribution in [0.3, 0.4) is 0 Å². The molecule has 2 atom stereocenters. The largest absolute Gasteiger partial charge is 0.349 e. The highest BCUT2D eigenvalue weighted by atomic mass is 35.5. The summed E-state index contributed by atoms with van der Waals surface area (Å²) < 4.78 is 27.4. The number of nitrogens with one attached hydrogen (secondary N) is 1. The summed E-state index contributed by atoms with van der Waals surface area (Å²) in [6, 6.07) is 11.2. The van der Waals surface area contributed by atoms with Gasteiger partial charge in [-0.2, -0.15) is 0 Å². The average Bonchev–Trinajstić information content (AvgIpc) is 3.24. The summed E-state index contributed by atoms with van der Waals surface area (Å²) >= 11 is 12.0. The summed E-state index contributed by atoms with van der Waals surface area (Å²) in [5, 5.41) is 3.82. The highest BCUT2D eigenvalue weighted by Crippen LogP contribution is 2.28. The standard InChI is InChI=1S/C24H28Cl2N2O3S/c1-16(19-9-8-18-4-2-5-20(18)13-19)27-24(29)21-6-3-11-28(14-21)32(30,31)15-17-7-10-22(25)23(26)12-17/h7-10,12-13,16,21H,2-6,11,14-15H2,1H3,(H,27,29)/t16-,21-/m1/s1. The highest BCUT2D eigenvalue weighted by molar-refractivity contribution is 7.88. The van der Waals surface area contributed by atoms with Crippen LogP contribution in [0.2, 0.25) is 10.0 Å². The Morgan fingerprint density at radius 2 is 1.88 bits per heavy atom. The molecular formula is C24H28Cl2N2O3S. The van der Waals surface area contributed by atoms with Crippen LogP contribution >= 0.6 is 23.2 Å². The van der Waals surface area contributed by atoms with Gasteiger partial charge in [-0.15, -0.1) is 0 Å². The normalized spacial score (nSPS) is 20.0. The Morgan fingerprint density at radius 1 is 1.09 bits per heavy atom. The lowest BCUT2D eigenvalue weighted by Crippen LogP contribution is -2.46. The molecule has 1 amide bonds. The number of fused-ring (bicyclic) bond motifs is 1. The van der Waals surface area contributed by atoms with Crippen LogP contribution in [0.4, 0.5) is 0 Å². The number of nitrogens with zero attached hydrogens (tertiary/aromatic N) is 1. The van der Waals surface area contributed by atoms with E-state index in [0.717, 1.165) is 18.4 Å². The number of aryl methyl sites for hydroxylation is 2. The van der Waals surface area contributed by atoms with Crippen molar-refractivity contribution >= 4 is 39.1 Å². The maximum atomic E-state index is 13.0. The molecule has 2 aliphatic rings. The fourth-order valence-electron chi connectivity index (χ4n) is 4.62. The van der Waals surface area contributed by atoms with E-state index in [2.05, 4.69) is 23.5 Å². The Hall–Kier alpha value is -1.60. The summed E-state index contributed by atoms with van der Waals surface area (Å²) in [5.74, 6) is -0.610. The Labute approximate surface area is 200 Å². The average molecular weight is 495 g/mol. The number of benzene rings is 2. The van der Waals surface area contributed by atoms with Crippen LogP contribution in [0, 0.1) is 5.92 Å². The highest BCUT2D eigenvalue weighted by Gasteiger charge is 2.33. The molecule has 8 heteroatoms. The van der Waals surface area contributed by atoms with Gasteiger partial charge in [-0.3, -0.25) is 4.79 Å². The van der Waals surface area contributed by atoms with Crippen molar-refractivity contribution in [1.82, 2.24) is 9.62 Å². The molecule has 172 valence electrons. The van der Waals surface area contributed by atoms with Gasteiger partial charge in [0, 0.05) is 13.1 Å². The first-order valence-corrected chi connectivity index (χ1v) is 13.4. The maximum absolute atomic E-state index is 13.0. The predicted molar refractivity (Wildman–Crippen MR) is 128 cm³/mol. The predicted octanol–water partition coefficient (Wildman–Crippen LogP) is 4.90. The molecule has 1 aliphatic carbocycles. The second-order valence-corrected chi connectivity index (χ2v) is 11.6. The van der Waals surface area contributed by atoms with E-state index in [0.29, 0.717) is 35.0 Å². The smallest absolute Gasteiger partial charge is 0.224 e. The molecule has 4 rings (SSSR count). The van der Waals surface area contributed by atoms with Gasteiger partial charge in [0.25, 0.3) is 0 Å². The van der Waals surface area contributed by atoms with Gasteiger partial charge in [0.2, 0.25) is 15.9 Å². The van der Waals surface area contributed by atoms with Crippen LogP contribution in [-0.4, -0.2) is 31.7 Å². The van der Waals surface area contributed by atoms with E-state index in [-0.39, 0.29) is 30.2 Å². The molecule has 32 heavy (non-hydrogen) atoms. The molecular weight excluding hydrogens is 467 g/mol. The van der Waals surface area contributed by atoms with Crippen molar-refractivity contribution in [3.63, 3.8) is 0 Å². The number of hydrogen-bond donors (Lipinski definition) is 1. The van der Waals surface area contributed by atoms with Crippen LogP contribution in [0.1, 0.15) is 54.5 Å². The molecule has 1 saturated heterocycles. The lowest BCUT2D eigenvalue weighted by Gasteiger charge is -2.32. The van der Waals surface area contributed by atoms with Gasteiger partial charge in [0.15, 0.2) is 0 Å². The van der Waals surface area contributed by atoms with E-state index in [4.69, 9.17) is 23.2 Å². The van der Waals surface area contributed by atoms with Crippen molar-refractivity contribution in [3.05, 3.63) is 68.7 Å². The second-order valence-electron chi connectivity index (χ2n) is 8.81. The molecule has 2 aromatic rings. The third-order valence-electron chi connectivity index (χ3n) is 6.46. The quantitative estimate of drug-likeness (QED) is 0.620. The monoisotopic (exact) mass is 494 g/mol. The van der Waals surface area contributed by atoms with Gasteiger partial charge in [0.1, 0.15) is 0 Å². The number of carbonyl (C=O) groups is 1. The summed E-state index contributed by atoms with van der Waals surface area (Å²) in [6.45, 7) is 2.61. The molecule has 0 aromatic heterocycles. The number of amides is 1.